The second-order valence-electron chi connectivity index (χ2n) is 11.3. The summed E-state index contributed by atoms with van der Waals surface area (Å²) in [7, 11) is 1.34. The van der Waals surface area contributed by atoms with Crippen molar-refractivity contribution in [2.75, 3.05) is 0 Å². The second kappa shape index (κ2) is 11.9. The van der Waals surface area contributed by atoms with Gasteiger partial charge < -0.3 is 0 Å². The molecule has 0 spiro atoms. The lowest BCUT2D eigenvalue weighted by atomic mass is 9.80. The lowest BCUT2D eigenvalue weighted by Crippen LogP contribution is -2.34. The van der Waals surface area contributed by atoms with Crippen LogP contribution in [0, 0.1) is 99.0 Å². The van der Waals surface area contributed by atoms with Crippen LogP contribution in [0.4, 0.5) is 17.2 Å². The molecule has 0 aliphatic heterocycles. The fourth-order valence-electron chi connectivity index (χ4n) is 7.01. The van der Waals surface area contributed by atoms with Gasteiger partial charge in [0.2, 0.25) is 11.4 Å². The van der Waals surface area contributed by atoms with E-state index in [1.807, 2.05) is 54.6 Å². The van der Waals surface area contributed by atoms with E-state index in [1.54, 1.807) is 24.4 Å². The normalized spacial score (nSPS) is 10.2. The van der Waals surface area contributed by atoms with Gasteiger partial charge in [-0.15, -0.1) is 0 Å². The molecule has 0 bridgehead atoms. The highest BCUT2D eigenvalue weighted by Crippen LogP contribution is 2.53. The topological polar surface area (TPSA) is 209 Å². The molecule has 0 saturated heterocycles. The predicted molar refractivity (Wildman–Crippen MR) is 188 cm³/mol. The molecule has 7 rings (SSSR count). The minimum absolute atomic E-state index is 0.0809. The quantitative estimate of drug-likeness (QED) is 0.0959. The summed E-state index contributed by atoms with van der Waals surface area (Å²) in [5, 5.41) is 73.9. The van der Waals surface area contributed by atoms with Crippen molar-refractivity contribution in [2.24, 2.45) is 7.05 Å². The molecule has 0 unspecified atom stereocenters. The summed E-state index contributed by atoms with van der Waals surface area (Å²) < 4.78 is 1.12. The van der Waals surface area contributed by atoms with E-state index in [0.29, 0.717) is 16.4 Å². The number of nitriles is 7. The summed E-state index contributed by atoms with van der Waals surface area (Å²) in [6.07, 6.45) is 1.59. The van der Waals surface area contributed by atoms with Crippen LogP contribution in [0.3, 0.4) is 0 Å². The van der Waals surface area contributed by atoms with Gasteiger partial charge in [0.05, 0.1) is 81.3 Å². The first kappa shape index (κ1) is 32.1. The Hall–Kier alpha value is -9.47. The maximum absolute atomic E-state index is 11.1. The first-order chi connectivity index (χ1) is 25.8. The summed E-state index contributed by atoms with van der Waals surface area (Å²) in [6.45, 7) is 24.7. The molecule has 53 heavy (non-hydrogen) atoms. The standard InChI is InChI=1S/C40H10N13/c1-48-38-23(14-43)21(12-41)22(13-42)30-31-24(15-44)28(18-47)53(4)40(50-3)35(31)33-26(17-46)39(49-2)29(25(16-45)32(33)34(30)38)27-10-9-20-8-7-19-6-5-11-51-36(19)37(20)52-27/h5-11H,4H3/q+1. The Morgan fingerprint density at radius 2 is 1.11 bits per heavy atom. The Labute approximate surface area is 298 Å². The van der Waals surface area contributed by atoms with Crippen molar-refractivity contribution in [3.63, 3.8) is 0 Å². The van der Waals surface area contributed by atoms with Gasteiger partial charge >= 0.3 is 5.82 Å². The Kier molecular flexibility index (Phi) is 7.20. The molecule has 0 fully saturated rings. The van der Waals surface area contributed by atoms with Gasteiger partial charge in [0.1, 0.15) is 37.4 Å². The van der Waals surface area contributed by atoms with Crippen LogP contribution in [0.2, 0.25) is 0 Å². The minimum atomic E-state index is -0.502. The van der Waals surface area contributed by atoms with Crippen LogP contribution in [-0.2, 0) is 7.05 Å². The highest BCUT2D eigenvalue weighted by atomic mass is 15.0. The highest BCUT2D eigenvalue weighted by molar-refractivity contribution is 6.36. The maximum Gasteiger partial charge on any atom is 0.428 e. The van der Waals surface area contributed by atoms with Crippen molar-refractivity contribution in [2.45, 2.75) is 0 Å². The maximum atomic E-state index is 11.1. The molecule has 3 heterocycles. The van der Waals surface area contributed by atoms with Gasteiger partial charge in [-0.05, 0) is 28.3 Å². The smallest absolute Gasteiger partial charge is 0.254 e. The molecule has 234 valence electrons. The molecule has 3 aromatic heterocycles. The van der Waals surface area contributed by atoms with E-state index in [2.05, 4.69) is 25.6 Å². The van der Waals surface area contributed by atoms with E-state index in [9.17, 15) is 36.8 Å². The van der Waals surface area contributed by atoms with Gasteiger partial charge in [-0.3, -0.25) is 4.98 Å². The number of fused-ring (bicyclic) bond motifs is 9. The number of pyridine rings is 3. The first-order valence-corrected chi connectivity index (χ1v) is 15.0. The molecule has 0 aliphatic carbocycles. The van der Waals surface area contributed by atoms with Crippen LogP contribution in [0.15, 0.2) is 42.6 Å². The highest BCUT2D eigenvalue weighted by Gasteiger charge is 2.36. The molecule has 7 aromatic rings. The number of hydrogen-bond donors (Lipinski definition) is 0. The first-order valence-electron chi connectivity index (χ1n) is 15.0. The van der Waals surface area contributed by atoms with Crippen LogP contribution in [-0.4, -0.2) is 9.97 Å². The van der Waals surface area contributed by atoms with Crippen LogP contribution >= 0.6 is 0 Å². The number of benzene rings is 4. The molecule has 0 amide bonds. The third-order valence-electron chi connectivity index (χ3n) is 9.11. The average Bonchev–Trinajstić information content (AvgIpc) is 3.20. The number of nitrogens with zero attached hydrogens (tertiary/aromatic N) is 13. The van der Waals surface area contributed by atoms with E-state index >= 15 is 0 Å². The zero-order chi connectivity index (χ0) is 37.7. The zero-order valence-corrected chi connectivity index (χ0v) is 26.9. The van der Waals surface area contributed by atoms with E-state index in [0.717, 1.165) is 9.95 Å². The zero-order valence-electron chi connectivity index (χ0n) is 26.9. The average molecular weight is 673 g/mol. The molecule has 0 radical (unpaired) electrons. The van der Waals surface area contributed by atoms with Crippen LogP contribution in [0.1, 0.15) is 39.1 Å². The second-order valence-corrected chi connectivity index (χ2v) is 11.3. The van der Waals surface area contributed by atoms with Gasteiger partial charge in [0.25, 0.3) is 5.69 Å². The summed E-state index contributed by atoms with van der Waals surface area (Å²) in [4.78, 5) is 20.3. The lowest BCUT2D eigenvalue weighted by molar-refractivity contribution is -0.657. The fraction of sp³-hybridized carbons (Fsp3) is 0.0250. The van der Waals surface area contributed by atoms with Crippen molar-refractivity contribution in [1.82, 2.24) is 9.97 Å². The third kappa shape index (κ3) is 4.04. The predicted octanol–water partition coefficient (Wildman–Crippen LogP) is 7.49. The Balaban J connectivity index is 1.96. The van der Waals surface area contributed by atoms with Crippen molar-refractivity contribution < 1.29 is 4.57 Å². The van der Waals surface area contributed by atoms with Gasteiger partial charge in [-0.25, -0.2) is 14.7 Å². The molecule has 13 heteroatoms. The van der Waals surface area contributed by atoms with Gasteiger partial charge in [0.15, 0.2) is 6.07 Å². The number of rotatable bonds is 1. The molecule has 13 nitrogen and oxygen atoms in total. The molecule has 4 aromatic carbocycles. The van der Waals surface area contributed by atoms with Crippen LogP contribution in [0.25, 0.3) is 79.9 Å². The largest absolute Gasteiger partial charge is 0.428 e. The molecule has 0 aliphatic rings. The Bertz CT molecular complexity index is 3410. The van der Waals surface area contributed by atoms with Crippen molar-refractivity contribution >= 4 is 71.3 Å². The summed E-state index contributed by atoms with van der Waals surface area (Å²) in [5.41, 5.74) is -2.68. The monoisotopic (exact) mass is 672 g/mol. The molecular weight excluding hydrogens is 663 g/mol. The van der Waals surface area contributed by atoms with Crippen LogP contribution < -0.4 is 4.57 Å². The fourth-order valence-corrected chi connectivity index (χ4v) is 7.01. The molecule has 0 atom stereocenters. The summed E-state index contributed by atoms with van der Waals surface area (Å²) >= 11 is 0. The number of hydrogen-bond acceptors (Lipinski definition) is 9. The molecular formula is C40H10N13+. The van der Waals surface area contributed by atoms with Crippen molar-refractivity contribution in [3.05, 3.63) is 116 Å². The third-order valence-corrected chi connectivity index (χ3v) is 9.11. The van der Waals surface area contributed by atoms with Gasteiger partial charge in [-0.2, -0.15) is 46.2 Å². The Morgan fingerprint density at radius 3 is 1.70 bits per heavy atom. The minimum Gasteiger partial charge on any atom is -0.254 e. The van der Waals surface area contributed by atoms with E-state index < -0.39 is 22.4 Å². The van der Waals surface area contributed by atoms with Crippen LogP contribution in [0.5, 0.6) is 0 Å². The van der Waals surface area contributed by atoms with Crippen molar-refractivity contribution in [1.29, 1.82) is 36.8 Å². The van der Waals surface area contributed by atoms with Gasteiger partial charge in [0, 0.05) is 33.3 Å². The van der Waals surface area contributed by atoms with E-state index in [-0.39, 0.29) is 77.5 Å². The van der Waals surface area contributed by atoms with E-state index in [1.165, 1.54) is 7.05 Å². The van der Waals surface area contributed by atoms with Gasteiger partial charge in [-0.1, -0.05) is 24.3 Å². The Morgan fingerprint density at radius 1 is 0.547 bits per heavy atom. The SMILES string of the molecule is [C-]#[N+]c1c(-c2ccc3ccc4cccnc4c3n2)c(C#N)c2c(c1C#N)c1c([N+]#[C-])[n+](C)c(C#N)c(C#N)c1c1c(C#N)c(C#N)c(C#N)c([N+]#[C-])c21. The lowest BCUT2D eigenvalue weighted by Gasteiger charge is -2.20. The molecule has 0 saturated carbocycles. The van der Waals surface area contributed by atoms with Crippen molar-refractivity contribution in [3.8, 4) is 53.7 Å². The molecule has 0 N–H and O–H groups in total. The summed E-state index contributed by atoms with van der Waals surface area (Å²) in [5.74, 6) is -0.302. The summed E-state index contributed by atoms with van der Waals surface area (Å²) in [6, 6.07) is 24.1. The van der Waals surface area contributed by atoms with E-state index in [4.69, 9.17) is 24.7 Å². The number of aromatic nitrogens is 3.